The molecule has 0 aliphatic rings. The van der Waals surface area contributed by atoms with Crippen LogP contribution in [-0.2, 0) is 45.8 Å². The van der Waals surface area contributed by atoms with E-state index in [1.165, 1.54) is 0 Å². The van der Waals surface area contributed by atoms with Gasteiger partial charge < -0.3 is 0 Å². The van der Waals surface area contributed by atoms with Gasteiger partial charge in [-0.25, -0.2) is 46.9 Å². The van der Waals surface area contributed by atoms with Crippen molar-refractivity contribution in [2.75, 3.05) is 0 Å². The SMILES string of the molecule is Cn1c(C(F)(F)F)cc(=O)n(-c2cc(OOC(=O)CC(=O)OOc3cc(-n4c(=O)cc(C(F)(F)F)n(C)c4=O)c(F)cc3Cl)c(Cl)cc2F)c1=O. The number of hydrogen-bond acceptors (Lipinski definition) is 10. The molecule has 0 bridgehead atoms. The van der Waals surface area contributed by atoms with E-state index in [4.69, 9.17) is 23.2 Å². The van der Waals surface area contributed by atoms with Crippen LogP contribution < -0.4 is 32.3 Å². The number of carbonyl (C=O) groups excluding carboxylic acids is 2. The highest BCUT2D eigenvalue weighted by Crippen LogP contribution is 2.32. The van der Waals surface area contributed by atoms with Gasteiger partial charge in [-0.05, 0) is 12.1 Å². The van der Waals surface area contributed by atoms with Crippen molar-refractivity contribution in [2.45, 2.75) is 18.8 Å². The molecule has 0 aliphatic heterocycles. The Bertz CT molecular complexity index is 2170. The fourth-order valence-corrected chi connectivity index (χ4v) is 4.47. The van der Waals surface area contributed by atoms with E-state index in [0.717, 1.165) is 0 Å². The molecular weight excluding hydrogens is 763 g/mol. The normalized spacial score (nSPS) is 11.7. The lowest BCUT2D eigenvalue weighted by Gasteiger charge is -2.15. The van der Waals surface area contributed by atoms with Gasteiger partial charge in [-0.3, -0.25) is 28.5 Å². The first kappa shape index (κ1) is 38.2. The minimum atomic E-state index is -5.12. The number of nitrogens with zero attached hydrogens (tertiary/aromatic N) is 4. The summed E-state index contributed by atoms with van der Waals surface area (Å²) in [5, 5.41) is -1.31. The summed E-state index contributed by atoms with van der Waals surface area (Å²) in [4.78, 5) is 92.0. The monoisotopic (exact) mass is 776 g/mol. The van der Waals surface area contributed by atoms with E-state index in [2.05, 4.69) is 19.6 Å². The maximum Gasteiger partial charge on any atom is 0.431 e. The van der Waals surface area contributed by atoms with Crippen molar-refractivity contribution in [3.05, 3.63) is 111 Å². The lowest BCUT2D eigenvalue weighted by atomic mass is 10.2. The minimum Gasteiger partial charge on any atom is -0.292 e. The van der Waals surface area contributed by atoms with Gasteiger partial charge in [0.1, 0.15) is 23.0 Å². The largest absolute Gasteiger partial charge is 0.431 e. The third kappa shape index (κ3) is 7.90. The fraction of sp³-hybridized carbons (Fsp3) is 0.185. The molecule has 0 unspecified atom stereocenters. The molecule has 0 spiro atoms. The van der Waals surface area contributed by atoms with Crippen molar-refractivity contribution in [3.8, 4) is 22.9 Å². The van der Waals surface area contributed by atoms with Gasteiger partial charge in [0, 0.05) is 38.4 Å². The minimum absolute atomic E-state index is 0.0118. The average Bonchev–Trinajstić information content (AvgIpc) is 3.00. The van der Waals surface area contributed by atoms with Crippen molar-refractivity contribution < 1.29 is 64.3 Å². The fourth-order valence-electron chi connectivity index (χ4n) is 4.11. The van der Waals surface area contributed by atoms with Gasteiger partial charge in [0.15, 0.2) is 17.9 Å². The van der Waals surface area contributed by atoms with E-state index in [-0.39, 0.29) is 30.4 Å². The van der Waals surface area contributed by atoms with Crippen LogP contribution in [0.2, 0.25) is 10.0 Å². The predicted octanol–water partition coefficient (Wildman–Crippen LogP) is 3.77. The Kier molecular flexibility index (Phi) is 10.4. The van der Waals surface area contributed by atoms with Crippen molar-refractivity contribution in [2.24, 2.45) is 14.1 Å². The Balaban J connectivity index is 1.48. The van der Waals surface area contributed by atoms with Gasteiger partial charge in [0.25, 0.3) is 11.1 Å². The summed E-state index contributed by atoms with van der Waals surface area (Å²) in [6.45, 7) is 0. The van der Waals surface area contributed by atoms with E-state index in [1.807, 2.05) is 0 Å². The van der Waals surface area contributed by atoms with Crippen molar-refractivity contribution in [3.63, 3.8) is 0 Å². The third-order valence-corrected chi connectivity index (χ3v) is 7.03. The summed E-state index contributed by atoms with van der Waals surface area (Å²) >= 11 is 11.6. The van der Waals surface area contributed by atoms with Gasteiger partial charge in [-0.15, -0.1) is 0 Å². The van der Waals surface area contributed by atoms with Gasteiger partial charge >= 0.3 is 35.7 Å². The zero-order valence-electron chi connectivity index (χ0n) is 24.8. The van der Waals surface area contributed by atoms with Crippen molar-refractivity contribution in [1.29, 1.82) is 0 Å². The number of benzene rings is 2. The van der Waals surface area contributed by atoms with Gasteiger partial charge in [-0.1, -0.05) is 23.2 Å². The van der Waals surface area contributed by atoms with Crippen LogP contribution in [0.5, 0.6) is 11.5 Å². The lowest BCUT2D eigenvalue weighted by Crippen LogP contribution is -2.41. The second-order valence-electron chi connectivity index (χ2n) is 9.81. The van der Waals surface area contributed by atoms with Crippen LogP contribution in [0.4, 0.5) is 35.1 Å². The number of aromatic nitrogens is 4. The molecular formula is C27H14Cl2F8N4O10. The molecule has 0 fully saturated rings. The first-order chi connectivity index (χ1) is 23.5. The molecule has 0 saturated heterocycles. The molecule has 4 rings (SSSR count). The van der Waals surface area contributed by atoms with E-state index < -0.39 is 109 Å². The molecule has 2 aromatic heterocycles. The highest BCUT2D eigenvalue weighted by atomic mass is 35.5. The summed E-state index contributed by atoms with van der Waals surface area (Å²) in [6, 6.07) is 1.93. The molecule has 2 heterocycles. The van der Waals surface area contributed by atoms with Crippen LogP contribution in [0, 0.1) is 11.6 Å². The zero-order chi connectivity index (χ0) is 38.3. The summed E-state index contributed by atoms with van der Waals surface area (Å²) in [5.41, 5.74) is -11.7. The van der Waals surface area contributed by atoms with Gasteiger partial charge in [0.05, 0.1) is 21.4 Å². The van der Waals surface area contributed by atoms with Gasteiger partial charge in [0.2, 0.25) is 0 Å². The highest BCUT2D eigenvalue weighted by molar-refractivity contribution is 6.32. The van der Waals surface area contributed by atoms with Gasteiger partial charge in [-0.2, -0.15) is 26.3 Å². The summed E-state index contributed by atoms with van der Waals surface area (Å²) in [5.74, 6) is -7.53. The summed E-state index contributed by atoms with van der Waals surface area (Å²) < 4.78 is 108. The lowest BCUT2D eigenvalue weighted by molar-refractivity contribution is -0.226. The predicted molar refractivity (Wildman–Crippen MR) is 153 cm³/mol. The Morgan fingerprint density at radius 3 is 1.27 bits per heavy atom. The van der Waals surface area contributed by atoms with E-state index in [1.54, 1.807) is 0 Å². The highest BCUT2D eigenvalue weighted by Gasteiger charge is 2.36. The van der Waals surface area contributed by atoms with Crippen LogP contribution in [0.3, 0.4) is 0 Å². The quantitative estimate of drug-likeness (QED) is 0.112. The molecule has 2 aromatic carbocycles. The van der Waals surface area contributed by atoms with Crippen molar-refractivity contribution in [1.82, 2.24) is 18.3 Å². The molecule has 0 aliphatic carbocycles. The molecule has 0 saturated carbocycles. The molecule has 272 valence electrons. The summed E-state index contributed by atoms with van der Waals surface area (Å²) in [6.07, 6.45) is -11.6. The van der Waals surface area contributed by atoms with E-state index in [0.29, 0.717) is 38.4 Å². The molecule has 0 atom stereocenters. The standard InChI is InChI=1S/C27H14Cl2F8N4O10/c1-38-18(26(32,33)34)7-20(42)40(24(38)46)14-5-16(10(28)3-12(14)30)48-50-22(44)9-23(45)51-49-17-6-15(13(31)4-11(17)29)41-21(43)8-19(27(35,36)37)39(2)25(41)47/h3-8H,9H2,1-2H3. The Labute approximate surface area is 284 Å². The number of halogens is 10. The Morgan fingerprint density at radius 2 is 0.961 bits per heavy atom. The van der Waals surface area contributed by atoms with Crippen LogP contribution in [-0.4, -0.2) is 30.2 Å². The molecule has 51 heavy (non-hydrogen) atoms. The van der Waals surface area contributed by atoms with Crippen LogP contribution in [0.1, 0.15) is 17.8 Å². The maximum atomic E-state index is 14.7. The Hall–Kier alpha value is -5.64. The number of alkyl halides is 6. The maximum absolute atomic E-state index is 14.7. The zero-order valence-corrected chi connectivity index (χ0v) is 26.3. The molecule has 24 heteroatoms. The van der Waals surface area contributed by atoms with E-state index >= 15 is 0 Å². The van der Waals surface area contributed by atoms with Crippen LogP contribution in [0.15, 0.2) is 55.6 Å². The van der Waals surface area contributed by atoms with Crippen LogP contribution >= 0.6 is 23.2 Å². The van der Waals surface area contributed by atoms with Crippen LogP contribution in [0.25, 0.3) is 11.4 Å². The molecule has 0 radical (unpaired) electrons. The Morgan fingerprint density at radius 1 is 0.627 bits per heavy atom. The second-order valence-corrected chi connectivity index (χ2v) is 10.6. The smallest absolute Gasteiger partial charge is 0.292 e. The summed E-state index contributed by atoms with van der Waals surface area (Å²) in [7, 11) is 1.31. The second kappa shape index (κ2) is 13.9. The molecule has 0 N–H and O–H groups in total. The van der Waals surface area contributed by atoms with E-state index in [9.17, 15) is 63.9 Å². The first-order valence-electron chi connectivity index (χ1n) is 13.1. The molecule has 0 amide bonds. The molecule has 14 nitrogen and oxygen atoms in total. The number of rotatable bonds is 8. The van der Waals surface area contributed by atoms with Crippen molar-refractivity contribution >= 4 is 35.1 Å². The number of carbonyl (C=O) groups is 2. The number of hydrogen-bond donors (Lipinski definition) is 0. The average molecular weight is 777 g/mol. The topological polar surface area (TPSA) is 159 Å². The first-order valence-corrected chi connectivity index (χ1v) is 13.8. The third-order valence-electron chi connectivity index (χ3n) is 6.44. The molecule has 4 aromatic rings.